The Morgan fingerprint density at radius 3 is 2.29 bits per heavy atom. The molecule has 3 fully saturated rings. The molecule has 1 atom stereocenters. The molecule has 1 aliphatic carbocycles. The fourth-order valence-corrected chi connectivity index (χ4v) is 5.08. The summed E-state index contributed by atoms with van der Waals surface area (Å²) in [5.74, 6) is -0.0161. The topological polar surface area (TPSA) is 78.0 Å². The van der Waals surface area contributed by atoms with Gasteiger partial charge in [0.15, 0.2) is 0 Å². The van der Waals surface area contributed by atoms with Crippen LogP contribution in [-0.2, 0) is 14.8 Å². The van der Waals surface area contributed by atoms with Crippen molar-refractivity contribution in [1.82, 2.24) is 9.80 Å². The number of amides is 2. The molecule has 0 radical (unpaired) electrons. The first-order valence-corrected chi connectivity index (χ1v) is 11.8. The van der Waals surface area contributed by atoms with Gasteiger partial charge in [0.2, 0.25) is 15.9 Å². The summed E-state index contributed by atoms with van der Waals surface area (Å²) in [6, 6.07) is 6.94. The Kier molecular flexibility index (Phi) is 4.64. The molecule has 2 amide bonds. The van der Waals surface area contributed by atoms with E-state index in [1.165, 1.54) is 11.4 Å². The largest absolute Gasteiger partial charge is 0.338 e. The number of sulfonamides is 1. The molecular formula is C20H27N3O4S. The molecule has 7 nitrogen and oxygen atoms in total. The van der Waals surface area contributed by atoms with Crippen molar-refractivity contribution in [2.75, 3.05) is 30.7 Å². The molecular weight excluding hydrogens is 378 g/mol. The fraction of sp³-hybridized carbons (Fsp3) is 0.600. The van der Waals surface area contributed by atoms with Gasteiger partial charge in [-0.2, -0.15) is 0 Å². The smallest absolute Gasteiger partial charge is 0.254 e. The zero-order valence-electron chi connectivity index (χ0n) is 16.4. The lowest BCUT2D eigenvalue weighted by molar-refractivity contribution is -0.146. The lowest BCUT2D eigenvalue weighted by Crippen LogP contribution is -2.61. The number of carbonyl (C=O) groups excluding carboxylic acids is 2. The summed E-state index contributed by atoms with van der Waals surface area (Å²) in [6.07, 6.45) is 6.52. The first kappa shape index (κ1) is 19.2. The minimum Gasteiger partial charge on any atom is -0.338 e. The highest BCUT2D eigenvalue weighted by Crippen LogP contribution is 2.42. The maximum absolute atomic E-state index is 13.3. The zero-order valence-corrected chi connectivity index (χ0v) is 17.2. The molecule has 2 aliphatic heterocycles. The zero-order chi connectivity index (χ0) is 20.1. The van der Waals surface area contributed by atoms with E-state index in [0.717, 1.165) is 51.3 Å². The molecule has 1 aromatic rings. The average Bonchev–Trinajstić information content (AvgIpc) is 3.42. The standard InChI is InChI=1S/C20H27N3O4S/c1-21(28(2,26)27)16-7-5-15(6-8-16)18(24)23-14-4-12-20(23)11-3-13-22(19(20)25)17-9-10-17/h5-8,17H,3-4,9-14H2,1-2H3. The van der Waals surface area contributed by atoms with Crippen molar-refractivity contribution in [1.29, 1.82) is 0 Å². The van der Waals surface area contributed by atoms with Crippen LogP contribution < -0.4 is 4.31 Å². The summed E-state index contributed by atoms with van der Waals surface area (Å²) in [5, 5.41) is 0. The summed E-state index contributed by atoms with van der Waals surface area (Å²) in [4.78, 5) is 30.3. The van der Waals surface area contributed by atoms with Crippen LogP contribution in [0.5, 0.6) is 0 Å². The summed E-state index contributed by atoms with van der Waals surface area (Å²) in [5.41, 5.74) is 0.298. The van der Waals surface area contributed by atoms with E-state index < -0.39 is 15.6 Å². The van der Waals surface area contributed by atoms with Crippen LogP contribution in [0.2, 0.25) is 0 Å². The Bertz CT molecular complexity index is 895. The van der Waals surface area contributed by atoms with Gasteiger partial charge in [-0.1, -0.05) is 0 Å². The molecule has 0 N–H and O–H groups in total. The number of hydrogen-bond donors (Lipinski definition) is 0. The molecule has 1 saturated carbocycles. The van der Waals surface area contributed by atoms with E-state index in [2.05, 4.69) is 0 Å². The third-order valence-corrected chi connectivity index (χ3v) is 7.55. The molecule has 2 saturated heterocycles. The first-order valence-electron chi connectivity index (χ1n) is 9.91. The van der Waals surface area contributed by atoms with E-state index in [0.29, 0.717) is 23.8 Å². The second-order valence-corrected chi connectivity index (χ2v) is 10.2. The van der Waals surface area contributed by atoms with Crippen LogP contribution in [0, 0.1) is 0 Å². The fourth-order valence-electron chi connectivity index (χ4n) is 4.57. The molecule has 1 unspecified atom stereocenters. The van der Waals surface area contributed by atoms with E-state index in [9.17, 15) is 18.0 Å². The molecule has 0 aromatic heterocycles. The van der Waals surface area contributed by atoms with Gasteiger partial charge in [0.05, 0.1) is 11.9 Å². The lowest BCUT2D eigenvalue weighted by Gasteiger charge is -2.44. The van der Waals surface area contributed by atoms with Gasteiger partial charge >= 0.3 is 0 Å². The number of rotatable bonds is 4. The summed E-state index contributed by atoms with van der Waals surface area (Å²) < 4.78 is 24.6. The van der Waals surface area contributed by atoms with E-state index in [-0.39, 0.29) is 11.8 Å². The molecule has 152 valence electrons. The van der Waals surface area contributed by atoms with Crippen molar-refractivity contribution >= 4 is 27.5 Å². The highest BCUT2D eigenvalue weighted by Gasteiger charge is 2.54. The first-order chi connectivity index (χ1) is 13.2. The van der Waals surface area contributed by atoms with Gasteiger partial charge in [-0.3, -0.25) is 13.9 Å². The van der Waals surface area contributed by atoms with Gasteiger partial charge in [0.1, 0.15) is 5.54 Å². The normalized spacial score (nSPS) is 25.4. The third-order valence-electron chi connectivity index (χ3n) is 6.35. The van der Waals surface area contributed by atoms with Crippen LogP contribution in [0.1, 0.15) is 48.9 Å². The molecule has 4 rings (SSSR count). The number of hydrogen-bond acceptors (Lipinski definition) is 4. The minimum absolute atomic E-state index is 0.125. The van der Waals surface area contributed by atoms with E-state index in [4.69, 9.17) is 0 Å². The highest BCUT2D eigenvalue weighted by atomic mass is 32.2. The van der Waals surface area contributed by atoms with Gasteiger partial charge in [-0.05, 0) is 62.8 Å². The van der Waals surface area contributed by atoms with Crippen LogP contribution >= 0.6 is 0 Å². The quantitative estimate of drug-likeness (QED) is 0.766. The maximum atomic E-state index is 13.3. The van der Waals surface area contributed by atoms with Gasteiger partial charge in [0, 0.05) is 31.7 Å². The molecule has 28 heavy (non-hydrogen) atoms. The van der Waals surface area contributed by atoms with Crippen molar-refractivity contribution in [3.05, 3.63) is 29.8 Å². The molecule has 8 heteroatoms. The number of piperidine rings is 1. The van der Waals surface area contributed by atoms with Crippen LogP contribution in [0.15, 0.2) is 24.3 Å². The molecule has 1 spiro atoms. The van der Waals surface area contributed by atoms with E-state index >= 15 is 0 Å². The molecule has 2 heterocycles. The Hall–Kier alpha value is -2.09. The maximum Gasteiger partial charge on any atom is 0.254 e. The summed E-state index contributed by atoms with van der Waals surface area (Å²) in [7, 11) is -1.87. The number of nitrogens with zero attached hydrogens (tertiary/aromatic N) is 3. The average molecular weight is 406 g/mol. The van der Waals surface area contributed by atoms with Crippen LogP contribution in [-0.4, -0.2) is 68.0 Å². The van der Waals surface area contributed by atoms with Gasteiger partial charge in [0.25, 0.3) is 5.91 Å². The van der Waals surface area contributed by atoms with Crippen molar-refractivity contribution in [3.63, 3.8) is 0 Å². The summed E-state index contributed by atoms with van der Waals surface area (Å²) >= 11 is 0. The predicted molar refractivity (Wildman–Crippen MR) is 107 cm³/mol. The van der Waals surface area contributed by atoms with Crippen molar-refractivity contribution < 1.29 is 18.0 Å². The van der Waals surface area contributed by atoms with Crippen molar-refractivity contribution in [2.45, 2.75) is 50.1 Å². The monoisotopic (exact) mass is 405 g/mol. The number of carbonyl (C=O) groups is 2. The van der Waals surface area contributed by atoms with Crippen LogP contribution in [0.4, 0.5) is 5.69 Å². The minimum atomic E-state index is -3.35. The molecule has 3 aliphatic rings. The Morgan fingerprint density at radius 1 is 1.11 bits per heavy atom. The Balaban J connectivity index is 1.58. The van der Waals surface area contributed by atoms with Crippen LogP contribution in [0.3, 0.4) is 0 Å². The number of anilines is 1. The summed E-state index contributed by atoms with van der Waals surface area (Å²) in [6.45, 7) is 1.40. The number of benzene rings is 1. The van der Waals surface area contributed by atoms with Crippen LogP contribution in [0.25, 0.3) is 0 Å². The van der Waals surface area contributed by atoms with Gasteiger partial charge < -0.3 is 9.80 Å². The molecule has 0 bridgehead atoms. The SMILES string of the molecule is CN(c1ccc(C(=O)N2CCCC23CCCN(C2CC2)C3=O)cc1)S(C)(=O)=O. The van der Waals surface area contributed by atoms with Crippen molar-refractivity contribution in [2.24, 2.45) is 0 Å². The highest BCUT2D eigenvalue weighted by molar-refractivity contribution is 7.92. The second-order valence-electron chi connectivity index (χ2n) is 8.20. The van der Waals surface area contributed by atoms with Gasteiger partial charge in [-0.15, -0.1) is 0 Å². The van der Waals surface area contributed by atoms with Crippen molar-refractivity contribution in [3.8, 4) is 0 Å². The number of likely N-dealkylation sites (tertiary alicyclic amines) is 2. The third kappa shape index (κ3) is 3.17. The second kappa shape index (κ2) is 6.76. The van der Waals surface area contributed by atoms with E-state index in [1.807, 2.05) is 4.90 Å². The Labute approximate surface area is 166 Å². The molecule has 1 aromatic carbocycles. The Morgan fingerprint density at radius 2 is 1.71 bits per heavy atom. The predicted octanol–water partition coefficient (Wildman–Crippen LogP) is 1.84. The van der Waals surface area contributed by atoms with E-state index in [1.54, 1.807) is 29.2 Å². The lowest BCUT2D eigenvalue weighted by atomic mass is 9.85. The van der Waals surface area contributed by atoms with Gasteiger partial charge in [-0.25, -0.2) is 8.42 Å².